The van der Waals surface area contributed by atoms with Crippen LogP contribution in [0.4, 0.5) is 5.69 Å². The van der Waals surface area contributed by atoms with Crippen LogP contribution in [0.3, 0.4) is 0 Å². The maximum absolute atomic E-state index is 12.5. The van der Waals surface area contributed by atoms with Crippen LogP contribution in [0.1, 0.15) is 30.7 Å². The molecule has 0 bridgehead atoms. The fourth-order valence-corrected chi connectivity index (χ4v) is 3.33. The Hall–Kier alpha value is -2.76. The fourth-order valence-electron chi connectivity index (χ4n) is 3.33. The van der Waals surface area contributed by atoms with E-state index in [9.17, 15) is 4.79 Å². The van der Waals surface area contributed by atoms with Crippen LogP contribution in [0.5, 0.6) is 17.4 Å². The minimum atomic E-state index is -0.0104. The van der Waals surface area contributed by atoms with Gasteiger partial charge in [0, 0.05) is 12.5 Å². The van der Waals surface area contributed by atoms with E-state index < -0.39 is 0 Å². The average molecular weight is 354 g/mol. The zero-order chi connectivity index (χ0) is 17.9. The lowest BCUT2D eigenvalue weighted by Crippen LogP contribution is -2.18. The molecular weight excluding hydrogens is 332 g/mol. The van der Waals surface area contributed by atoms with Crippen molar-refractivity contribution >= 4 is 11.6 Å². The summed E-state index contributed by atoms with van der Waals surface area (Å²) < 4.78 is 16.3. The third-order valence-electron chi connectivity index (χ3n) is 4.82. The second-order valence-corrected chi connectivity index (χ2v) is 6.69. The van der Waals surface area contributed by atoms with Gasteiger partial charge in [-0.25, -0.2) is 4.98 Å². The number of methoxy groups -OCH3 is 1. The molecule has 1 fully saturated rings. The minimum Gasteiger partial charge on any atom is -0.486 e. The predicted octanol–water partition coefficient (Wildman–Crippen LogP) is 3.38. The van der Waals surface area contributed by atoms with Crippen molar-refractivity contribution in [3.05, 3.63) is 42.1 Å². The minimum absolute atomic E-state index is 0.0104. The van der Waals surface area contributed by atoms with E-state index in [1.807, 2.05) is 12.1 Å². The first-order chi connectivity index (χ1) is 12.7. The Labute approximate surface area is 152 Å². The van der Waals surface area contributed by atoms with Crippen molar-refractivity contribution in [2.45, 2.75) is 25.2 Å². The molecule has 136 valence electrons. The zero-order valence-corrected chi connectivity index (χ0v) is 14.7. The third-order valence-corrected chi connectivity index (χ3v) is 4.82. The van der Waals surface area contributed by atoms with E-state index in [4.69, 9.17) is 14.2 Å². The van der Waals surface area contributed by atoms with Crippen molar-refractivity contribution in [3.8, 4) is 17.4 Å². The number of nitrogens with one attached hydrogen (secondary N) is 1. The van der Waals surface area contributed by atoms with Gasteiger partial charge >= 0.3 is 0 Å². The molecule has 0 radical (unpaired) electrons. The van der Waals surface area contributed by atoms with Crippen LogP contribution >= 0.6 is 0 Å². The highest BCUT2D eigenvalue weighted by Gasteiger charge is 2.34. The number of rotatable bonds is 6. The zero-order valence-electron chi connectivity index (χ0n) is 14.7. The highest BCUT2D eigenvalue weighted by atomic mass is 16.6. The first kappa shape index (κ1) is 16.7. The summed E-state index contributed by atoms with van der Waals surface area (Å²) in [4.78, 5) is 16.7. The van der Waals surface area contributed by atoms with Gasteiger partial charge in [-0.2, -0.15) is 0 Å². The van der Waals surface area contributed by atoms with E-state index in [-0.39, 0.29) is 11.8 Å². The molecule has 4 rings (SSSR count). The number of hydrogen-bond donors (Lipinski definition) is 1. The van der Waals surface area contributed by atoms with Gasteiger partial charge in [0.2, 0.25) is 11.8 Å². The molecule has 1 saturated carbocycles. The molecule has 1 aromatic heterocycles. The monoisotopic (exact) mass is 354 g/mol. The summed E-state index contributed by atoms with van der Waals surface area (Å²) in [6, 6.07) is 9.55. The van der Waals surface area contributed by atoms with Crippen molar-refractivity contribution in [1.29, 1.82) is 0 Å². The predicted molar refractivity (Wildman–Crippen MR) is 96.9 cm³/mol. The number of ether oxygens (including phenoxy) is 3. The fraction of sp³-hybridized carbons (Fsp3) is 0.400. The van der Waals surface area contributed by atoms with Crippen LogP contribution in [0.25, 0.3) is 0 Å². The number of nitrogens with zero attached hydrogens (tertiary/aromatic N) is 1. The first-order valence-electron chi connectivity index (χ1n) is 8.92. The largest absolute Gasteiger partial charge is 0.486 e. The van der Waals surface area contributed by atoms with Crippen LogP contribution in [0.2, 0.25) is 0 Å². The molecule has 1 aliphatic heterocycles. The van der Waals surface area contributed by atoms with Gasteiger partial charge in [-0.15, -0.1) is 0 Å². The van der Waals surface area contributed by atoms with Crippen LogP contribution < -0.4 is 19.5 Å². The number of aromatic nitrogens is 1. The average Bonchev–Trinajstić information content (AvgIpc) is 3.51. The van der Waals surface area contributed by atoms with Crippen molar-refractivity contribution < 1.29 is 19.0 Å². The second kappa shape index (κ2) is 7.23. The van der Waals surface area contributed by atoms with E-state index in [1.54, 1.807) is 25.4 Å². The number of amides is 1. The SMILES string of the molecule is COc1ccc(NC(=O)CC(c2ccc3c(c2)OCCO3)C2CC2)cn1. The maximum atomic E-state index is 12.5. The van der Waals surface area contributed by atoms with E-state index >= 15 is 0 Å². The molecule has 2 heterocycles. The number of fused-ring (bicyclic) bond motifs is 1. The lowest BCUT2D eigenvalue weighted by atomic mass is 9.90. The molecule has 1 aliphatic carbocycles. The van der Waals surface area contributed by atoms with E-state index in [2.05, 4.69) is 16.4 Å². The van der Waals surface area contributed by atoms with Crippen molar-refractivity contribution in [3.63, 3.8) is 0 Å². The van der Waals surface area contributed by atoms with Crippen molar-refractivity contribution in [2.24, 2.45) is 5.92 Å². The molecule has 1 unspecified atom stereocenters. The van der Waals surface area contributed by atoms with Gasteiger partial charge in [-0.1, -0.05) is 6.07 Å². The molecule has 1 N–H and O–H groups in total. The van der Waals surface area contributed by atoms with Crippen LogP contribution in [-0.4, -0.2) is 31.2 Å². The van der Waals surface area contributed by atoms with Gasteiger partial charge in [0.25, 0.3) is 0 Å². The standard InChI is InChI=1S/C20H22N2O4/c1-24-20-7-5-15(12-21-20)22-19(23)11-16(13-2-3-13)14-4-6-17-18(10-14)26-9-8-25-17/h4-7,10,12-13,16H,2-3,8-9,11H2,1H3,(H,22,23). The van der Waals surface area contributed by atoms with Crippen molar-refractivity contribution in [1.82, 2.24) is 4.98 Å². The number of pyridine rings is 1. The van der Waals surface area contributed by atoms with Crippen LogP contribution in [-0.2, 0) is 4.79 Å². The quantitative estimate of drug-likeness (QED) is 0.861. The van der Waals surface area contributed by atoms with Crippen LogP contribution in [0, 0.1) is 5.92 Å². The van der Waals surface area contributed by atoms with Crippen LogP contribution in [0.15, 0.2) is 36.5 Å². The Bertz CT molecular complexity index is 787. The number of carbonyl (C=O) groups is 1. The number of benzene rings is 1. The Kier molecular flexibility index (Phi) is 4.65. The van der Waals surface area contributed by atoms with Gasteiger partial charge in [-0.3, -0.25) is 4.79 Å². The molecule has 26 heavy (non-hydrogen) atoms. The summed E-state index contributed by atoms with van der Waals surface area (Å²) in [6.07, 6.45) is 4.37. The van der Waals surface area contributed by atoms with Gasteiger partial charge in [0.15, 0.2) is 11.5 Å². The maximum Gasteiger partial charge on any atom is 0.225 e. The lowest BCUT2D eigenvalue weighted by molar-refractivity contribution is -0.116. The lowest BCUT2D eigenvalue weighted by Gasteiger charge is -2.22. The molecule has 6 heteroatoms. The molecule has 6 nitrogen and oxygen atoms in total. The Morgan fingerprint density at radius 2 is 2.04 bits per heavy atom. The molecule has 1 atom stereocenters. The Balaban J connectivity index is 1.46. The molecule has 0 spiro atoms. The van der Waals surface area contributed by atoms with Gasteiger partial charge < -0.3 is 19.5 Å². The molecular formula is C20H22N2O4. The summed E-state index contributed by atoms with van der Waals surface area (Å²) in [5, 5.41) is 2.93. The normalized spacial score (nSPS) is 16.7. The van der Waals surface area contributed by atoms with Crippen molar-refractivity contribution in [2.75, 3.05) is 25.6 Å². The second-order valence-electron chi connectivity index (χ2n) is 6.69. The first-order valence-corrected chi connectivity index (χ1v) is 8.92. The highest BCUT2D eigenvalue weighted by molar-refractivity contribution is 5.91. The van der Waals surface area contributed by atoms with E-state index in [0.717, 1.165) is 29.9 Å². The smallest absolute Gasteiger partial charge is 0.225 e. The summed E-state index contributed by atoms with van der Waals surface area (Å²) in [6.45, 7) is 1.15. The molecule has 2 aliphatic rings. The summed E-state index contributed by atoms with van der Waals surface area (Å²) in [7, 11) is 1.56. The highest BCUT2D eigenvalue weighted by Crippen LogP contribution is 2.46. The third kappa shape index (κ3) is 3.74. The molecule has 2 aromatic rings. The molecule has 0 saturated heterocycles. The number of anilines is 1. The van der Waals surface area contributed by atoms with Gasteiger partial charge in [-0.05, 0) is 48.4 Å². The van der Waals surface area contributed by atoms with E-state index in [0.29, 0.717) is 37.1 Å². The summed E-state index contributed by atoms with van der Waals surface area (Å²) in [5.74, 6) is 2.82. The number of hydrogen-bond acceptors (Lipinski definition) is 5. The van der Waals surface area contributed by atoms with Gasteiger partial charge in [0.1, 0.15) is 13.2 Å². The van der Waals surface area contributed by atoms with E-state index in [1.165, 1.54) is 0 Å². The molecule has 1 amide bonds. The molecule has 1 aromatic carbocycles. The Morgan fingerprint density at radius 1 is 1.23 bits per heavy atom. The summed E-state index contributed by atoms with van der Waals surface area (Å²) >= 11 is 0. The number of carbonyl (C=O) groups excluding carboxylic acids is 1. The summed E-state index contributed by atoms with van der Waals surface area (Å²) in [5.41, 5.74) is 1.81. The Morgan fingerprint density at radius 3 is 2.73 bits per heavy atom. The van der Waals surface area contributed by atoms with Gasteiger partial charge in [0.05, 0.1) is 19.0 Å². The topological polar surface area (TPSA) is 69.7 Å².